The van der Waals surface area contributed by atoms with Gasteiger partial charge in [-0.05, 0) is 23.1 Å². The molecule has 0 saturated carbocycles. The third kappa shape index (κ3) is 1.91. The molecule has 1 aliphatic heterocycles. The minimum absolute atomic E-state index is 0.105. The molecule has 0 aromatic heterocycles. The summed E-state index contributed by atoms with van der Waals surface area (Å²) in [4.78, 5) is 4.23. The van der Waals surface area contributed by atoms with Crippen LogP contribution >= 0.6 is 0 Å². The molecule has 0 saturated heterocycles. The second-order valence-electron chi connectivity index (χ2n) is 3.34. The monoisotopic (exact) mass is 187 g/mol. The van der Waals surface area contributed by atoms with E-state index in [9.17, 15) is 0 Å². The maximum atomic E-state index is 8.90. The fourth-order valence-corrected chi connectivity index (χ4v) is 1.51. The van der Waals surface area contributed by atoms with E-state index in [1.807, 2.05) is 30.5 Å². The number of hydrogen-bond acceptors (Lipinski definition) is 2. The van der Waals surface area contributed by atoms with Crippen LogP contribution in [0.3, 0.4) is 0 Å². The molecule has 1 aromatic rings. The van der Waals surface area contributed by atoms with E-state index in [4.69, 9.17) is 5.11 Å². The van der Waals surface area contributed by atoms with Crippen LogP contribution in [-0.2, 0) is 6.61 Å². The highest BCUT2D eigenvalue weighted by atomic mass is 16.3. The zero-order chi connectivity index (χ0) is 9.80. The quantitative estimate of drug-likeness (QED) is 0.755. The topological polar surface area (TPSA) is 32.6 Å². The van der Waals surface area contributed by atoms with Crippen LogP contribution in [0.15, 0.2) is 35.3 Å². The Morgan fingerprint density at radius 1 is 1.21 bits per heavy atom. The van der Waals surface area contributed by atoms with Crippen LogP contribution in [0.5, 0.6) is 0 Å². The maximum absolute atomic E-state index is 8.90. The van der Waals surface area contributed by atoms with E-state index in [0.29, 0.717) is 0 Å². The molecule has 1 aromatic carbocycles. The maximum Gasteiger partial charge on any atom is 0.0681 e. The molecule has 0 aliphatic carbocycles. The molecule has 2 nitrogen and oxygen atoms in total. The Morgan fingerprint density at radius 3 is 2.57 bits per heavy atom. The molecule has 2 heteroatoms. The van der Waals surface area contributed by atoms with E-state index >= 15 is 0 Å². The van der Waals surface area contributed by atoms with Gasteiger partial charge in [-0.15, -0.1) is 0 Å². The molecule has 0 amide bonds. The van der Waals surface area contributed by atoms with Gasteiger partial charge in [-0.2, -0.15) is 0 Å². The van der Waals surface area contributed by atoms with Crippen molar-refractivity contribution in [3.05, 3.63) is 41.5 Å². The van der Waals surface area contributed by atoms with Gasteiger partial charge in [0, 0.05) is 12.8 Å². The van der Waals surface area contributed by atoms with E-state index in [1.165, 1.54) is 11.1 Å². The van der Waals surface area contributed by atoms with Gasteiger partial charge < -0.3 is 5.11 Å². The largest absolute Gasteiger partial charge is 0.392 e. The van der Waals surface area contributed by atoms with Crippen LogP contribution in [-0.4, -0.2) is 17.9 Å². The van der Waals surface area contributed by atoms with Gasteiger partial charge in [0.2, 0.25) is 0 Å². The normalized spacial score (nSPS) is 15.4. The Labute approximate surface area is 83.6 Å². The predicted octanol–water partition coefficient (Wildman–Crippen LogP) is 2.04. The molecule has 1 heterocycles. The molecule has 14 heavy (non-hydrogen) atoms. The number of aliphatic hydroxyl groups is 1. The van der Waals surface area contributed by atoms with Crippen molar-refractivity contribution < 1.29 is 5.11 Å². The Hall–Kier alpha value is -1.41. The number of hydrogen-bond donors (Lipinski definition) is 1. The van der Waals surface area contributed by atoms with Gasteiger partial charge in [0.05, 0.1) is 6.61 Å². The van der Waals surface area contributed by atoms with E-state index in [0.717, 1.165) is 18.5 Å². The Morgan fingerprint density at radius 2 is 2.00 bits per heavy atom. The summed E-state index contributed by atoms with van der Waals surface area (Å²) in [7, 11) is 0. The Kier molecular flexibility index (Phi) is 2.75. The Balaban J connectivity index is 2.24. The molecule has 0 unspecified atom stereocenters. The fraction of sp³-hybridized carbons (Fsp3) is 0.250. The number of benzene rings is 1. The van der Waals surface area contributed by atoms with Crippen molar-refractivity contribution in [2.45, 2.75) is 13.0 Å². The number of rotatable bonds is 2. The number of aliphatic imine (C=N–C) groups is 1. The summed E-state index contributed by atoms with van der Waals surface area (Å²) in [5.74, 6) is 0. The molecule has 1 aliphatic rings. The highest BCUT2D eigenvalue weighted by molar-refractivity contribution is 6.10. The molecule has 72 valence electrons. The van der Waals surface area contributed by atoms with Gasteiger partial charge in [-0.3, -0.25) is 4.99 Å². The first kappa shape index (κ1) is 9.16. The highest BCUT2D eigenvalue weighted by Gasteiger charge is 2.01. The molecular formula is C12H13NO. The minimum Gasteiger partial charge on any atom is -0.392 e. The van der Waals surface area contributed by atoms with Crippen LogP contribution in [0, 0.1) is 0 Å². The van der Waals surface area contributed by atoms with Crippen molar-refractivity contribution in [3.63, 3.8) is 0 Å². The van der Waals surface area contributed by atoms with Gasteiger partial charge in [-0.1, -0.05) is 30.3 Å². The summed E-state index contributed by atoms with van der Waals surface area (Å²) in [5.41, 5.74) is 3.30. The first-order valence-corrected chi connectivity index (χ1v) is 4.80. The van der Waals surface area contributed by atoms with E-state index in [2.05, 4.69) is 11.1 Å². The first-order valence-electron chi connectivity index (χ1n) is 4.80. The van der Waals surface area contributed by atoms with Gasteiger partial charge in [0.25, 0.3) is 0 Å². The Bertz CT molecular complexity index is 362. The minimum atomic E-state index is 0.105. The lowest BCUT2D eigenvalue weighted by Crippen LogP contribution is -1.94. The van der Waals surface area contributed by atoms with Crippen LogP contribution in [0.4, 0.5) is 0 Å². The standard InChI is InChI=1S/C12H13NO/c14-9-10-3-5-11(6-4-10)12-2-1-7-13-8-12/h2-6,8,14H,1,7,9H2. The SMILES string of the molecule is OCc1ccc(C2=CCCN=C2)cc1. The molecule has 0 bridgehead atoms. The second-order valence-corrected chi connectivity index (χ2v) is 3.34. The van der Waals surface area contributed by atoms with Gasteiger partial charge in [0.15, 0.2) is 0 Å². The van der Waals surface area contributed by atoms with Gasteiger partial charge in [0.1, 0.15) is 0 Å². The molecule has 1 N–H and O–H groups in total. The summed E-state index contributed by atoms with van der Waals surface area (Å²) in [5, 5.41) is 8.90. The molecular weight excluding hydrogens is 174 g/mol. The highest BCUT2D eigenvalue weighted by Crippen LogP contribution is 2.16. The number of aliphatic hydroxyl groups excluding tert-OH is 1. The lowest BCUT2D eigenvalue weighted by molar-refractivity contribution is 0.282. The molecule has 0 atom stereocenters. The number of dihydropyridines is 1. The summed E-state index contributed by atoms with van der Waals surface area (Å²) in [6.45, 7) is 1.01. The smallest absolute Gasteiger partial charge is 0.0681 e. The third-order valence-electron chi connectivity index (χ3n) is 2.32. The van der Waals surface area contributed by atoms with Crippen molar-refractivity contribution in [1.82, 2.24) is 0 Å². The number of nitrogens with zero attached hydrogens (tertiary/aromatic N) is 1. The fourth-order valence-electron chi connectivity index (χ4n) is 1.51. The predicted molar refractivity (Wildman–Crippen MR) is 58.3 cm³/mol. The second kappa shape index (κ2) is 4.20. The van der Waals surface area contributed by atoms with Crippen LogP contribution < -0.4 is 0 Å². The van der Waals surface area contributed by atoms with Crippen LogP contribution in [0.25, 0.3) is 5.57 Å². The van der Waals surface area contributed by atoms with Crippen molar-refractivity contribution in [1.29, 1.82) is 0 Å². The summed E-state index contributed by atoms with van der Waals surface area (Å²) in [6, 6.07) is 7.93. The van der Waals surface area contributed by atoms with Crippen molar-refractivity contribution in [2.24, 2.45) is 4.99 Å². The van der Waals surface area contributed by atoms with Crippen molar-refractivity contribution in [2.75, 3.05) is 6.54 Å². The zero-order valence-corrected chi connectivity index (χ0v) is 7.98. The van der Waals surface area contributed by atoms with E-state index < -0.39 is 0 Å². The summed E-state index contributed by atoms with van der Waals surface area (Å²) < 4.78 is 0. The average Bonchev–Trinajstić information content (AvgIpc) is 2.30. The third-order valence-corrected chi connectivity index (χ3v) is 2.32. The lowest BCUT2D eigenvalue weighted by Gasteiger charge is -2.06. The first-order chi connectivity index (χ1) is 6.90. The molecule has 0 radical (unpaired) electrons. The lowest BCUT2D eigenvalue weighted by atomic mass is 10.0. The number of allylic oxidation sites excluding steroid dienone is 1. The summed E-state index contributed by atoms with van der Waals surface area (Å²) in [6.07, 6.45) is 5.13. The van der Waals surface area contributed by atoms with Crippen molar-refractivity contribution in [3.8, 4) is 0 Å². The van der Waals surface area contributed by atoms with Gasteiger partial charge >= 0.3 is 0 Å². The average molecular weight is 187 g/mol. The van der Waals surface area contributed by atoms with Crippen molar-refractivity contribution >= 4 is 11.8 Å². The van der Waals surface area contributed by atoms with Gasteiger partial charge in [-0.25, -0.2) is 0 Å². The molecule has 2 rings (SSSR count). The van der Waals surface area contributed by atoms with E-state index in [1.54, 1.807) is 0 Å². The van der Waals surface area contributed by atoms with Crippen LogP contribution in [0.2, 0.25) is 0 Å². The van der Waals surface area contributed by atoms with E-state index in [-0.39, 0.29) is 6.61 Å². The molecule has 0 fully saturated rings. The summed E-state index contributed by atoms with van der Waals surface area (Å²) >= 11 is 0. The van der Waals surface area contributed by atoms with Crippen LogP contribution in [0.1, 0.15) is 17.5 Å². The molecule has 0 spiro atoms. The zero-order valence-electron chi connectivity index (χ0n) is 7.98.